The van der Waals surface area contributed by atoms with Gasteiger partial charge >= 0.3 is 0 Å². The summed E-state index contributed by atoms with van der Waals surface area (Å²) in [6.07, 6.45) is 1.90. The van der Waals surface area contributed by atoms with Crippen molar-refractivity contribution in [2.24, 2.45) is 5.92 Å². The number of carbonyl (C=O) groups excluding carboxylic acids is 1. The van der Waals surface area contributed by atoms with Crippen molar-refractivity contribution < 1.29 is 14.1 Å². The second-order valence-corrected chi connectivity index (χ2v) is 6.52. The van der Waals surface area contributed by atoms with Crippen LogP contribution in [0.2, 0.25) is 0 Å². The maximum Gasteiger partial charge on any atom is 0.251 e. The third-order valence-electron chi connectivity index (χ3n) is 3.81. The fourth-order valence-electron chi connectivity index (χ4n) is 2.79. The molecule has 1 aromatic carbocycles. The maximum atomic E-state index is 12.3. The Hall–Kier alpha value is -2.30. The van der Waals surface area contributed by atoms with Crippen molar-refractivity contribution in [2.45, 2.75) is 46.3 Å². The topological polar surface area (TPSA) is 64.4 Å². The average Bonchev–Trinajstić information content (AvgIpc) is 3.08. The van der Waals surface area contributed by atoms with Gasteiger partial charge in [0.1, 0.15) is 11.9 Å². The van der Waals surface area contributed by atoms with Gasteiger partial charge in [-0.15, -0.1) is 0 Å². The van der Waals surface area contributed by atoms with Gasteiger partial charge in [-0.25, -0.2) is 0 Å². The van der Waals surface area contributed by atoms with E-state index < -0.39 is 0 Å². The number of nitrogens with zero attached hydrogens (tertiary/aromatic N) is 1. The van der Waals surface area contributed by atoms with Crippen LogP contribution in [0.1, 0.15) is 48.1 Å². The first-order valence-electron chi connectivity index (χ1n) is 8.03. The largest absolute Gasteiger partial charge is 0.490 e. The number of benzene rings is 1. The molecule has 0 fully saturated rings. The van der Waals surface area contributed by atoms with Crippen LogP contribution in [0.4, 0.5) is 0 Å². The Kier molecular flexibility index (Phi) is 4.37. The lowest BCUT2D eigenvalue weighted by Gasteiger charge is -2.05. The van der Waals surface area contributed by atoms with Crippen LogP contribution in [0.5, 0.6) is 5.75 Å². The lowest BCUT2D eigenvalue weighted by Crippen LogP contribution is -2.22. The van der Waals surface area contributed by atoms with E-state index in [1.807, 2.05) is 25.1 Å². The van der Waals surface area contributed by atoms with Crippen molar-refractivity contribution in [3.8, 4) is 5.75 Å². The molecule has 1 aromatic heterocycles. The first-order valence-corrected chi connectivity index (χ1v) is 8.03. The van der Waals surface area contributed by atoms with E-state index in [-0.39, 0.29) is 12.0 Å². The van der Waals surface area contributed by atoms with Crippen molar-refractivity contribution in [1.29, 1.82) is 0 Å². The number of fused-ring (bicyclic) bond motifs is 1. The third kappa shape index (κ3) is 3.73. The molecule has 0 saturated carbocycles. The van der Waals surface area contributed by atoms with Crippen LogP contribution in [-0.4, -0.2) is 17.2 Å². The molecule has 2 aromatic rings. The molecule has 5 heteroatoms. The Balaban J connectivity index is 1.59. The first kappa shape index (κ1) is 15.6. The normalized spacial score (nSPS) is 16.3. The molecule has 1 atom stereocenters. The third-order valence-corrected chi connectivity index (χ3v) is 3.81. The molecule has 0 spiro atoms. The second-order valence-electron chi connectivity index (χ2n) is 6.52. The molecular formula is C18H22N2O3. The summed E-state index contributed by atoms with van der Waals surface area (Å²) in [5.74, 6) is 1.96. The number of ether oxygens (including phenoxy) is 1. The average molecular weight is 314 g/mol. The molecule has 5 nitrogen and oxygen atoms in total. The maximum absolute atomic E-state index is 12.3. The summed E-state index contributed by atoms with van der Waals surface area (Å²) in [7, 11) is 0. The lowest BCUT2D eigenvalue weighted by atomic mass is 10.1. The SMILES string of the molecule is CC(C)Cc1cc(CNC(=O)c2ccc3c(c2)CC(C)O3)on1. The number of hydrogen-bond donors (Lipinski definition) is 1. The number of amides is 1. The van der Waals surface area contributed by atoms with Gasteiger partial charge < -0.3 is 14.6 Å². The van der Waals surface area contributed by atoms with Crippen molar-refractivity contribution in [2.75, 3.05) is 0 Å². The molecule has 2 heterocycles. The Bertz CT molecular complexity index is 706. The van der Waals surface area contributed by atoms with Crippen LogP contribution in [-0.2, 0) is 19.4 Å². The summed E-state index contributed by atoms with van der Waals surface area (Å²) >= 11 is 0. The molecule has 0 radical (unpaired) electrons. The van der Waals surface area contributed by atoms with E-state index in [0.29, 0.717) is 23.8 Å². The van der Waals surface area contributed by atoms with Crippen LogP contribution in [0.25, 0.3) is 0 Å². The molecule has 122 valence electrons. The molecule has 1 unspecified atom stereocenters. The van der Waals surface area contributed by atoms with Crippen molar-refractivity contribution >= 4 is 5.91 Å². The summed E-state index contributed by atoms with van der Waals surface area (Å²) in [5, 5.41) is 6.89. The van der Waals surface area contributed by atoms with Gasteiger partial charge in [-0.3, -0.25) is 4.79 Å². The Morgan fingerprint density at radius 1 is 1.39 bits per heavy atom. The van der Waals surface area contributed by atoms with E-state index in [4.69, 9.17) is 9.26 Å². The summed E-state index contributed by atoms with van der Waals surface area (Å²) < 4.78 is 10.9. The van der Waals surface area contributed by atoms with Crippen LogP contribution in [0.15, 0.2) is 28.8 Å². The van der Waals surface area contributed by atoms with E-state index in [1.54, 1.807) is 6.07 Å². The lowest BCUT2D eigenvalue weighted by molar-refractivity contribution is 0.0947. The van der Waals surface area contributed by atoms with Gasteiger partial charge in [0.05, 0.1) is 12.2 Å². The highest BCUT2D eigenvalue weighted by Crippen LogP contribution is 2.29. The zero-order valence-corrected chi connectivity index (χ0v) is 13.8. The minimum Gasteiger partial charge on any atom is -0.490 e. The van der Waals surface area contributed by atoms with Crippen molar-refractivity contribution in [3.05, 3.63) is 46.8 Å². The predicted octanol–water partition coefficient (Wildman–Crippen LogP) is 3.13. The number of rotatable bonds is 5. The highest BCUT2D eigenvalue weighted by atomic mass is 16.5. The quantitative estimate of drug-likeness (QED) is 0.921. The van der Waals surface area contributed by atoms with E-state index in [9.17, 15) is 4.79 Å². The van der Waals surface area contributed by atoms with Crippen LogP contribution in [0.3, 0.4) is 0 Å². The van der Waals surface area contributed by atoms with Crippen molar-refractivity contribution in [1.82, 2.24) is 10.5 Å². The molecule has 0 aliphatic carbocycles. The molecular weight excluding hydrogens is 292 g/mol. The van der Waals surface area contributed by atoms with Gasteiger partial charge in [-0.2, -0.15) is 0 Å². The predicted molar refractivity (Wildman–Crippen MR) is 86.5 cm³/mol. The van der Waals surface area contributed by atoms with Gasteiger partial charge in [-0.05, 0) is 43.0 Å². The summed E-state index contributed by atoms with van der Waals surface area (Å²) in [6, 6.07) is 7.46. The first-order chi connectivity index (χ1) is 11.0. The number of nitrogens with one attached hydrogen (secondary N) is 1. The van der Waals surface area contributed by atoms with E-state index in [2.05, 4.69) is 24.3 Å². The fraction of sp³-hybridized carbons (Fsp3) is 0.444. The van der Waals surface area contributed by atoms with Crippen molar-refractivity contribution in [3.63, 3.8) is 0 Å². The summed E-state index contributed by atoms with van der Waals surface area (Å²) in [5.41, 5.74) is 2.65. The van der Waals surface area contributed by atoms with Gasteiger partial charge in [0.15, 0.2) is 5.76 Å². The zero-order chi connectivity index (χ0) is 16.4. The van der Waals surface area contributed by atoms with E-state index in [1.165, 1.54) is 0 Å². The summed E-state index contributed by atoms with van der Waals surface area (Å²) in [4.78, 5) is 12.3. The highest BCUT2D eigenvalue weighted by molar-refractivity contribution is 5.94. The molecule has 1 aliphatic heterocycles. The molecule has 1 N–H and O–H groups in total. The molecule has 0 saturated heterocycles. The molecule has 23 heavy (non-hydrogen) atoms. The Morgan fingerprint density at radius 3 is 3.00 bits per heavy atom. The number of hydrogen-bond acceptors (Lipinski definition) is 4. The Morgan fingerprint density at radius 2 is 2.22 bits per heavy atom. The minimum absolute atomic E-state index is 0.117. The van der Waals surface area contributed by atoms with E-state index in [0.717, 1.165) is 29.8 Å². The summed E-state index contributed by atoms with van der Waals surface area (Å²) in [6.45, 7) is 6.63. The van der Waals surface area contributed by atoms with Gasteiger partial charge in [0.2, 0.25) is 0 Å². The fourth-order valence-corrected chi connectivity index (χ4v) is 2.79. The zero-order valence-electron chi connectivity index (χ0n) is 13.8. The Labute approximate surface area is 136 Å². The minimum atomic E-state index is -0.117. The molecule has 1 aliphatic rings. The standard InChI is InChI=1S/C18H22N2O3/c1-11(2)6-15-9-16(23-20-15)10-19-18(21)13-4-5-17-14(8-13)7-12(3)22-17/h4-5,8-9,11-12H,6-7,10H2,1-3H3,(H,19,21). The van der Waals surface area contributed by atoms with Crippen LogP contribution < -0.4 is 10.1 Å². The van der Waals surface area contributed by atoms with E-state index >= 15 is 0 Å². The smallest absolute Gasteiger partial charge is 0.251 e. The highest BCUT2D eigenvalue weighted by Gasteiger charge is 2.20. The molecule has 3 rings (SSSR count). The monoisotopic (exact) mass is 314 g/mol. The van der Waals surface area contributed by atoms with Gasteiger partial charge in [0, 0.05) is 18.1 Å². The number of carbonyl (C=O) groups is 1. The van der Waals surface area contributed by atoms with Gasteiger partial charge in [0.25, 0.3) is 5.91 Å². The van der Waals surface area contributed by atoms with Gasteiger partial charge in [-0.1, -0.05) is 19.0 Å². The molecule has 0 bridgehead atoms. The van der Waals surface area contributed by atoms with Crippen LogP contribution in [0, 0.1) is 5.92 Å². The second kappa shape index (κ2) is 6.44. The van der Waals surface area contributed by atoms with Crippen LogP contribution >= 0.6 is 0 Å². The molecule has 1 amide bonds. The number of aromatic nitrogens is 1.